The molecule has 0 saturated heterocycles. The minimum absolute atomic E-state index is 0. The molecule has 180 valence electrons. The van der Waals surface area contributed by atoms with E-state index in [1.807, 2.05) is 62.4 Å². The van der Waals surface area contributed by atoms with E-state index in [4.69, 9.17) is 9.97 Å². The van der Waals surface area contributed by atoms with E-state index in [0.717, 1.165) is 44.8 Å². The molecular weight excluding hydrogens is 631 g/mol. The zero-order valence-corrected chi connectivity index (χ0v) is 22.4. The molecule has 8 nitrogen and oxygen atoms in total. The van der Waals surface area contributed by atoms with E-state index in [-0.39, 0.29) is 21.1 Å². The molecule has 0 aromatic carbocycles. The van der Waals surface area contributed by atoms with E-state index >= 15 is 0 Å². The monoisotopic (exact) mass is 653 g/mol. The van der Waals surface area contributed by atoms with E-state index in [0.29, 0.717) is 11.6 Å². The molecule has 36 heavy (non-hydrogen) atoms. The Bertz CT molecular complexity index is 1590. The molecule has 0 aliphatic carbocycles. The summed E-state index contributed by atoms with van der Waals surface area (Å²) in [6.45, 7) is 8.25. The minimum Gasteiger partial charge on any atom is -0.396 e. The first-order valence-corrected chi connectivity index (χ1v) is 11.3. The molecule has 6 aromatic heterocycles. The van der Waals surface area contributed by atoms with Crippen LogP contribution in [-0.2, 0) is 26.5 Å². The predicted octanol–water partition coefficient (Wildman–Crippen LogP) is 4.49. The number of aryl methyl sites for hydroxylation is 2. The molecule has 0 spiro atoms. The topological polar surface area (TPSA) is 87.2 Å². The van der Waals surface area contributed by atoms with Crippen LogP contribution in [0.5, 0.6) is 0 Å². The van der Waals surface area contributed by atoms with Crippen LogP contribution in [0.25, 0.3) is 34.0 Å². The van der Waals surface area contributed by atoms with Gasteiger partial charge in [-0.1, -0.05) is 35.4 Å². The van der Waals surface area contributed by atoms with Gasteiger partial charge in [0.2, 0.25) is 0 Å². The van der Waals surface area contributed by atoms with Crippen molar-refractivity contribution >= 4 is 22.3 Å². The first kappa shape index (κ1) is 23.9. The van der Waals surface area contributed by atoms with Gasteiger partial charge in [-0.2, -0.15) is 0 Å². The summed E-state index contributed by atoms with van der Waals surface area (Å²) in [5, 5.41) is 0. The largest absolute Gasteiger partial charge is 2.00 e. The van der Waals surface area contributed by atoms with E-state index in [2.05, 4.69) is 46.4 Å². The van der Waals surface area contributed by atoms with Crippen molar-refractivity contribution in [3.8, 4) is 11.6 Å². The molecule has 6 aromatic rings. The van der Waals surface area contributed by atoms with Crippen LogP contribution in [0.3, 0.4) is 0 Å². The average Bonchev–Trinajstić information content (AvgIpc) is 3.51. The minimum atomic E-state index is -0.481. The van der Waals surface area contributed by atoms with Crippen LogP contribution in [0.2, 0.25) is 0 Å². The summed E-state index contributed by atoms with van der Waals surface area (Å²) in [6, 6.07) is 15.8. The molecule has 0 unspecified atom stereocenters. The zero-order chi connectivity index (χ0) is 24.2. The van der Waals surface area contributed by atoms with Gasteiger partial charge in [-0.25, -0.2) is 0 Å². The van der Waals surface area contributed by atoms with Crippen LogP contribution in [0.15, 0.2) is 60.9 Å². The van der Waals surface area contributed by atoms with E-state index < -0.39 is 5.41 Å². The Hall–Kier alpha value is -3.77. The summed E-state index contributed by atoms with van der Waals surface area (Å²) in [5.74, 6) is 1.42. The molecule has 0 amide bonds. The fourth-order valence-corrected chi connectivity index (χ4v) is 4.21. The predicted molar refractivity (Wildman–Crippen MR) is 133 cm³/mol. The van der Waals surface area contributed by atoms with Crippen LogP contribution in [0, 0.1) is 26.5 Å². The number of rotatable bonds is 4. The van der Waals surface area contributed by atoms with Gasteiger partial charge in [0.25, 0.3) is 0 Å². The fraction of sp³-hybridized carbons (Fsp3) is 0.185. The first-order valence-electron chi connectivity index (χ1n) is 11.3. The Morgan fingerprint density at radius 1 is 0.667 bits per heavy atom. The van der Waals surface area contributed by atoms with Crippen LogP contribution in [0.4, 0.5) is 0 Å². The molecule has 0 saturated carbocycles. The summed E-state index contributed by atoms with van der Waals surface area (Å²) < 4.78 is 3.60. The molecule has 6 rings (SSSR count). The first-order chi connectivity index (χ1) is 16.9. The maximum absolute atomic E-state index is 4.97. The van der Waals surface area contributed by atoms with Crippen molar-refractivity contribution in [3.05, 3.63) is 96.1 Å². The van der Waals surface area contributed by atoms with Crippen molar-refractivity contribution < 1.29 is 21.1 Å². The molecule has 0 aliphatic rings. The SMILES string of the molecule is Cc1ccnc2c1n[c-]n2-c1cccc(C(C)(C)c2cccc(-n3[c-]nc4c(C)ccnc43)n2)n1.[Pt+2]. The third-order valence-corrected chi connectivity index (χ3v) is 6.37. The van der Waals surface area contributed by atoms with Gasteiger partial charge in [0.1, 0.15) is 0 Å². The molecule has 0 bridgehead atoms. The van der Waals surface area contributed by atoms with Gasteiger partial charge < -0.3 is 19.1 Å². The third kappa shape index (κ3) is 3.82. The smallest absolute Gasteiger partial charge is 0.396 e. The molecule has 0 aliphatic heterocycles. The van der Waals surface area contributed by atoms with Crippen molar-refractivity contribution in [2.24, 2.45) is 0 Å². The van der Waals surface area contributed by atoms with Gasteiger partial charge in [0.05, 0.1) is 11.6 Å². The number of nitrogens with zero attached hydrogens (tertiary/aromatic N) is 8. The van der Waals surface area contributed by atoms with Crippen molar-refractivity contribution in [1.29, 1.82) is 0 Å². The van der Waals surface area contributed by atoms with Gasteiger partial charge in [-0.05, 0) is 63.0 Å². The summed E-state index contributed by atoms with van der Waals surface area (Å²) in [7, 11) is 0. The van der Waals surface area contributed by atoms with Crippen molar-refractivity contribution in [2.75, 3.05) is 0 Å². The third-order valence-electron chi connectivity index (χ3n) is 6.37. The number of imidazole rings is 2. The van der Waals surface area contributed by atoms with Crippen LogP contribution in [0.1, 0.15) is 36.4 Å². The standard InChI is InChI=1S/C27H22N8.Pt/c1-17-11-13-28-25-23(17)30-15-34(25)21-9-5-7-19(32-21)27(3,4)20-8-6-10-22(33-20)35-16-31-24-18(2)12-14-29-26(24)35;/h5-14H,1-4H3;/q-2;+2. The number of hydrogen-bond donors (Lipinski definition) is 0. The Morgan fingerprint density at radius 2 is 1.11 bits per heavy atom. The quantitative estimate of drug-likeness (QED) is 0.261. The maximum atomic E-state index is 4.97. The Balaban J connectivity index is 0.00000267. The average molecular weight is 654 g/mol. The molecule has 0 fully saturated rings. The van der Waals surface area contributed by atoms with Gasteiger partial charge in [-0.3, -0.25) is 19.9 Å². The molecule has 0 radical (unpaired) electrons. The molecule has 0 N–H and O–H groups in total. The van der Waals surface area contributed by atoms with Gasteiger partial charge in [0, 0.05) is 53.1 Å². The Morgan fingerprint density at radius 3 is 1.56 bits per heavy atom. The normalized spacial score (nSPS) is 11.7. The van der Waals surface area contributed by atoms with Gasteiger partial charge in [-0.15, -0.1) is 0 Å². The zero-order valence-electron chi connectivity index (χ0n) is 20.2. The number of aromatic nitrogens is 8. The second-order valence-electron chi connectivity index (χ2n) is 9.08. The summed E-state index contributed by atoms with van der Waals surface area (Å²) in [6.07, 6.45) is 9.64. The maximum Gasteiger partial charge on any atom is 2.00 e. The van der Waals surface area contributed by atoms with Crippen LogP contribution >= 0.6 is 0 Å². The molecular formula is C27H22N8Pt. The molecule has 0 atom stereocenters. The van der Waals surface area contributed by atoms with E-state index in [9.17, 15) is 0 Å². The second kappa shape index (κ2) is 9.03. The number of fused-ring (bicyclic) bond motifs is 2. The van der Waals surface area contributed by atoms with Crippen molar-refractivity contribution in [3.63, 3.8) is 0 Å². The van der Waals surface area contributed by atoms with Crippen LogP contribution < -0.4 is 0 Å². The number of hydrogen-bond acceptors (Lipinski definition) is 6. The molecule has 9 heteroatoms. The Labute approximate surface area is 222 Å². The summed E-state index contributed by atoms with van der Waals surface area (Å²) in [4.78, 5) is 27.8. The van der Waals surface area contributed by atoms with Gasteiger partial charge in [0.15, 0.2) is 0 Å². The molecule has 6 heterocycles. The second-order valence-corrected chi connectivity index (χ2v) is 9.08. The van der Waals surface area contributed by atoms with Crippen molar-refractivity contribution in [1.82, 2.24) is 39.0 Å². The number of pyridine rings is 4. The van der Waals surface area contributed by atoms with Gasteiger partial charge >= 0.3 is 21.1 Å². The van der Waals surface area contributed by atoms with Crippen LogP contribution in [-0.4, -0.2) is 39.0 Å². The van der Waals surface area contributed by atoms with E-state index in [1.165, 1.54) is 0 Å². The fourth-order valence-electron chi connectivity index (χ4n) is 4.21. The van der Waals surface area contributed by atoms with E-state index in [1.54, 1.807) is 21.5 Å². The summed E-state index contributed by atoms with van der Waals surface area (Å²) >= 11 is 0. The van der Waals surface area contributed by atoms with Crippen molar-refractivity contribution in [2.45, 2.75) is 33.1 Å². The summed E-state index contributed by atoms with van der Waals surface area (Å²) in [5.41, 5.74) is 6.47. The Kier molecular flexibility index (Phi) is 6.00.